The van der Waals surface area contributed by atoms with Gasteiger partial charge in [-0.1, -0.05) is 31.2 Å². The third-order valence-electron chi connectivity index (χ3n) is 5.42. The second-order valence-electron chi connectivity index (χ2n) is 6.79. The Morgan fingerprint density at radius 1 is 1.21 bits per heavy atom. The molecule has 1 N–H and O–H groups in total. The van der Waals surface area contributed by atoms with Crippen molar-refractivity contribution in [1.29, 1.82) is 0 Å². The number of hydrogen-bond donors (Lipinski definition) is 1. The van der Waals surface area contributed by atoms with Crippen molar-refractivity contribution in [1.82, 2.24) is 5.32 Å². The van der Waals surface area contributed by atoms with E-state index in [4.69, 9.17) is 4.74 Å². The first-order valence-electron chi connectivity index (χ1n) is 7.75. The Labute approximate surface area is 115 Å². The summed E-state index contributed by atoms with van der Waals surface area (Å²) in [5, 5.41) is 3.78. The molecule has 2 atom stereocenters. The molecule has 1 saturated carbocycles. The average Bonchev–Trinajstić information content (AvgIpc) is 2.80. The molecule has 1 aliphatic heterocycles. The summed E-state index contributed by atoms with van der Waals surface area (Å²) in [6.45, 7) is 3.42. The molecule has 2 fully saturated rings. The van der Waals surface area contributed by atoms with Gasteiger partial charge < -0.3 is 10.1 Å². The molecule has 1 spiro atoms. The smallest absolute Gasteiger partial charge is 0.0991 e. The number of hydrogen-bond acceptors (Lipinski definition) is 2. The number of rotatable bonds is 0. The van der Waals surface area contributed by atoms with Gasteiger partial charge in [-0.25, -0.2) is 0 Å². The molecular weight excluding hydrogens is 234 g/mol. The zero-order valence-electron chi connectivity index (χ0n) is 11.7. The lowest BCUT2D eigenvalue weighted by Gasteiger charge is -2.47. The highest BCUT2D eigenvalue weighted by molar-refractivity contribution is 5.37. The molecule has 1 heterocycles. The minimum absolute atomic E-state index is 0.116. The summed E-state index contributed by atoms with van der Waals surface area (Å²) in [6, 6.07) is 9.31. The van der Waals surface area contributed by atoms with E-state index in [1.807, 2.05) is 0 Å². The minimum Gasteiger partial charge on any atom is -0.364 e. The van der Waals surface area contributed by atoms with Gasteiger partial charge in [-0.3, -0.25) is 0 Å². The number of nitrogens with one attached hydrogen (secondary N) is 1. The third kappa shape index (κ3) is 1.93. The molecule has 0 amide bonds. The highest BCUT2D eigenvalue weighted by atomic mass is 16.5. The standard InChI is InChI=1S/C17H23NO/c1-12-6-8-17(9-7-12)11-18-15-10-13-4-2-3-5-14(13)16(15)19-17/h2-5,12,15-16,18H,6-11H2,1H3. The number of ether oxygens (including phenoxy) is 1. The number of benzene rings is 1. The molecule has 19 heavy (non-hydrogen) atoms. The molecule has 2 heteroatoms. The van der Waals surface area contributed by atoms with Crippen LogP contribution in [0.15, 0.2) is 24.3 Å². The summed E-state index contributed by atoms with van der Waals surface area (Å²) < 4.78 is 6.65. The lowest BCUT2D eigenvalue weighted by Crippen LogP contribution is -2.56. The quantitative estimate of drug-likeness (QED) is 0.770. The van der Waals surface area contributed by atoms with E-state index in [1.54, 1.807) is 0 Å². The van der Waals surface area contributed by atoms with E-state index in [-0.39, 0.29) is 5.60 Å². The molecule has 0 aromatic heterocycles. The van der Waals surface area contributed by atoms with Gasteiger partial charge in [0, 0.05) is 12.6 Å². The number of morpholine rings is 1. The van der Waals surface area contributed by atoms with Crippen molar-refractivity contribution in [2.45, 2.75) is 56.8 Å². The Balaban J connectivity index is 1.59. The van der Waals surface area contributed by atoms with Crippen molar-refractivity contribution >= 4 is 0 Å². The van der Waals surface area contributed by atoms with Crippen molar-refractivity contribution in [3.05, 3.63) is 35.4 Å². The fraction of sp³-hybridized carbons (Fsp3) is 0.647. The van der Waals surface area contributed by atoms with Crippen molar-refractivity contribution in [2.75, 3.05) is 6.54 Å². The predicted octanol–water partition coefficient (Wildman–Crippen LogP) is 3.22. The largest absolute Gasteiger partial charge is 0.364 e. The SMILES string of the molecule is CC1CCC2(CC1)CNC1Cc3ccccc3C1O2. The Morgan fingerprint density at radius 3 is 2.84 bits per heavy atom. The van der Waals surface area contributed by atoms with Crippen LogP contribution >= 0.6 is 0 Å². The van der Waals surface area contributed by atoms with E-state index in [9.17, 15) is 0 Å². The molecule has 3 aliphatic rings. The van der Waals surface area contributed by atoms with E-state index < -0.39 is 0 Å². The lowest BCUT2D eigenvalue weighted by molar-refractivity contribution is -0.153. The van der Waals surface area contributed by atoms with Crippen LogP contribution in [0.2, 0.25) is 0 Å². The van der Waals surface area contributed by atoms with Crippen LogP contribution in [0.25, 0.3) is 0 Å². The van der Waals surface area contributed by atoms with Gasteiger partial charge >= 0.3 is 0 Å². The average molecular weight is 257 g/mol. The zero-order chi connectivity index (χ0) is 12.9. The molecule has 2 unspecified atom stereocenters. The van der Waals surface area contributed by atoms with Gasteiger partial charge in [-0.15, -0.1) is 0 Å². The van der Waals surface area contributed by atoms with Crippen molar-refractivity contribution in [2.24, 2.45) is 5.92 Å². The first kappa shape index (κ1) is 11.9. The maximum atomic E-state index is 6.65. The molecular formula is C17H23NO. The summed E-state index contributed by atoms with van der Waals surface area (Å²) in [5.74, 6) is 0.878. The van der Waals surface area contributed by atoms with Crippen LogP contribution in [0.3, 0.4) is 0 Å². The molecule has 1 aromatic carbocycles. The Bertz CT molecular complexity index is 476. The highest BCUT2D eigenvalue weighted by Crippen LogP contribution is 2.45. The fourth-order valence-corrected chi connectivity index (χ4v) is 4.09. The van der Waals surface area contributed by atoms with Crippen LogP contribution in [0.5, 0.6) is 0 Å². The number of fused-ring (bicyclic) bond motifs is 3. The van der Waals surface area contributed by atoms with E-state index >= 15 is 0 Å². The van der Waals surface area contributed by atoms with Gasteiger partial charge in [0.2, 0.25) is 0 Å². The second-order valence-corrected chi connectivity index (χ2v) is 6.79. The maximum Gasteiger partial charge on any atom is 0.0991 e. The minimum atomic E-state index is 0.116. The topological polar surface area (TPSA) is 21.3 Å². The first-order chi connectivity index (χ1) is 9.26. The first-order valence-corrected chi connectivity index (χ1v) is 7.75. The van der Waals surface area contributed by atoms with Gasteiger partial charge in [0.25, 0.3) is 0 Å². The molecule has 1 saturated heterocycles. The van der Waals surface area contributed by atoms with E-state index in [0.717, 1.165) is 18.9 Å². The lowest BCUT2D eigenvalue weighted by atomic mass is 9.78. The van der Waals surface area contributed by atoms with Crippen LogP contribution in [-0.4, -0.2) is 18.2 Å². The van der Waals surface area contributed by atoms with Crippen LogP contribution < -0.4 is 5.32 Å². The zero-order valence-corrected chi connectivity index (χ0v) is 11.7. The van der Waals surface area contributed by atoms with Gasteiger partial charge in [0.05, 0.1) is 11.7 Å². The molecule has 4 rings (SSSR count). The Hall–Kier alpha value is -0.860. The van der Waals surface area contributed by atoms with Crippen LogP contribution in [0.4, 0.5) is 0 Å². The van der Waals surface area contributed by atoms with Crippen LogP contribution in [-0.2, 0) is 11.2 Å². The van der Waals surface area contributed by atoms with Gasteiger partial charge in [-0.05, 0) is 49.1 Å². The molecule has 0 radical (unpaired) electrons. The van der Waals surface area contributed by atoms with Crippen LogP contribution in [0, 0.1) is 5.92 Å². The van der Waals surface area contributed by atoms with Gasteiger partial charge in [0.1, 0.15) is 0 Å². The molecule has 102 valence electrons. The van der Waals surface area contributed by atoms with E-state index in [1.165, 1.54) is 36.8 Å². The van der Waals surface area contributed by atoms with Crippen LogP contribution in [0.1, 0.15) is 49.8 Å². The van der Waals surface area contributed by atoms with Gasteiger partial charge in [0.15, 0.2) is 0 Å². The van der Waals surface area contributed by atoms with Crippen molar-refractivity contribution in [3.8, 4) is 0 Å². The van der Waals surface area contributed by atoms with Crippen molar-refractivity contribution < 1.29 is 4.74 Å². The predicted molar refractivity (Wildman–Crippen MR) is 76.1 cm³/mol. The normalized spacial score (nSPS) is 41.0. The molecule has 0 bridgehead atoms. The molecule has 2 aliphatic carbocycles. The van der Waals surface area contributed by atoms with E-state index in [2.05, 4.69) is 36.5 Å². The monoisotopic (exact) mass is 257 g/mol. The van der Waals surface area contributed by atoms with Crippen molar-refractivity contribution in [3.63, 3.8) is 0 Å². The summed E-state index contributed by atoms with van der Waals surface area (Å²) in [7, 11) is 0. The maximum absolute atomic E-state index is 6.65. The summed E-state index contributed by atoms with van der Waals surface area (Å²) in [5.41, 5.74) is 3.02. The second kappa shape index (κ2) is 4.32. The highest BCUT2D eigenvalue weighted by Gasteiger charge is 2.46. The fourth-order valence-electron chi connectivity index (χ4n) is 4.09. The Morgan fingerprint density at radius 2 is 2.00 bits per heavy atom. The van der Waals surface area contributed by atoms with Gasteiger partial charge in [-0.2, -0.15) is 0 Å². The summed E-state index contributed by atoms with van der Waals surface area (Å²) in [6.07, 6.45) is 6.52. The molecule has 2 nitrogen and oxygen atoms in total. The summed E-state index contributed by atoms with van der Waals surface area (Å²) >= 11 is 0. The third-order valence-corrected chi connectivity index (χ3v) is 5.42. The Kier molecular flexibility index (Phi) is 2.71. The summed E-state index contributed by atoms with van der Waals surface area (Å²) in [4.78, 5) is 0. The van der Waals surface area contributed by atoms with E-state index in [0.29, 0.717) is 12.1 Å². The molecule has 1 aromatic rings.